The zero-order valence-corrected chi connectivity index (χ0v) is 15.7. The van der Waals surface area contributed by atoms with Gasteiger partial charge in [0.1, 0.15) is 11.4 Å². The molecule has 7 heteroatoms. The third-order valence-corrected chi connectivity index (χ3v) is 4.35. The van der Waals surface area contributed by atoms with Crippen molar-refractivity contribution in [3.63, 3.8) is 0 Å². The maximum Gasteiger partial charge on any atom is 0.354 e. The fourth-order valence-electron chi connectivity index (χ4n) is 2.69. The lowest BCUT2D eigenvalue weighted by Crippen LogP contribution is -2.27. The predicted molar refractivity (Wildman–Crippen MR) is 95.4 cm³/mol. The molecule has 25 heavy (non-hydrogen) atoms. The Hall–Kier alpha value is -2.47. The molecule has 134 valence electrons. The summed E-state index contributed by atoms with van der Waals surface area (Å²) in [6.07, 6.45) is 0. The molecule has 0 aliphatic rings. The van der Waals surface area contributed by atoms with Crippen molar-refractivity contribution >= 4 is 23.5 Å². The van der Waals surface area contributed by atoms with Gasteiger partial charge >= 0.3 is 5.97 Å². The predicted octanol–water partition coefficient (Wildman–Crippen LogP) is 3.35. The zero-order valence-electron chi connectivity index (χ0n) is 14.9. The summed E-state index contributed by atoms with van der Waals surface area (Å²) in [5.74, 6) is -0.199. The molecule has 0 bridgehead atoms. The Morgan fingerprint density at radius 2 is 1.92 bits per heavy atom. The molecular weight excluding hydrogens is 344 g/mol. The number of hydrogen-bond donors (Lipinski definition) is 1. The van der Waals surface area contributed by atoms with Crippen molar-refractivity contribution in [1.82, 2.24) is 9.88 Å². The van der Waals surface area contributed by atoms with E-state index in [0.29, 0.717) is 28.6 Å². The number of aromatic nitrogens is 1. The lowest BCUT2D eigenvalue weighted by molar-refractivity contribution is 0.0593. The van der Waals surface area contributed by atoms with E-state index < -0.39 is 5.97 Å². The van der Waals surface area contributed by atoms with E-state index in [2.05, 4.69) is 4.98 Å². The molecule has 0 saturated carbocycles. The smallest absolute Gasteiger partial charge is 0.354 e. The van der Waals surface area contributed by atoms with E-state index >= 15 is 0 Å². The Morgan fingerprint density at radius 3 is 2.52 bits per heavy atom. The number of esters is 1. The number of aryl methyl sites for hydroxylation is 1. The lowest BCUT2D eigenvalue weighted by atomic mass is 10.1. The number of H-pyrrole nitrogens is 1. The second-order valence-electron chi connectivity index (χ2n) is 5.73. The van der Waals surface area contributed by atoms with Gasteiger partial charge in [0.05, 0.1) is 19.8 Å². The van der Waals surface area contributed by atoms with E-state index in [-0.39, 0.29) is 5.91 Å². The summed E-state index contributed by atoms with van der Waals surface area (Å²) in [6.45, 7) is 4.01. The minimum absolute atomic E-state index is 0.223. The number of carbonyl (C=O) groups is 2. The van der Waals surface area contributed by atoms with Gasteiger partial charge in [-0.3, -0.25) is 4.79 Å². The fraction of sp³-hybridized carbons (Fsp3) is 0.333. The summed E-state index contributed by atoms with van der Waals surface area (Å²) >= 11 is 6.00. The second kappa shape index (κ2) is 7.61. The van der Waals surface area contributed by atoms with Crippen molar-refractivity contribution in [3.05, 3.63) is 51.3 Å². The molecule has 1 amide bonds. The quantitative estimate of drug-likeness (QED) is 0.826. The molecule has 0 aliphatic heterocycles. The number of benzene rings is 1. The number of nitrogens with zero attached hydrogens (tertiary/aromatic N) is 1. The number of amides is 1. The summed E-state index contributed by atoms with van der Waals surface area (Å²) in [6, 6.07) is 4.90. The summed E-state index contributed by atoms with van der Waals surface area (Å²) in [7, 11) is 4.52. The van der Waals surface area contributed by atoms with E-state index in [9.17, 15) is 9.59 Å². The van der Waals surface area contributed by atoms with E-state index in [1.807, 2.05) is 13.8 Å². The van der Waals surface area contributed by atoms with Gasteiger partial charge in [0, 0.05) is 24.3 Å². The zero-order chi connectivity index (χ0) is 18.7. The van der Waals surface area contributed by atoms with E-state index in [1.54, 1.807) is 30.1 Å². The van der Waals surface area contributed by atoms with Crippen LogP contribution < -0.4 is 4.74 Å². The second-order valence-corrected chi connectivity index (χ2v) is 6.16. The highest BCUT2D eigenvalue weighted by Gasteiger charge is 2.22. The van der Waals surface area contributed by atoms with Crippen LogP contribution in [0.2, 0.25) is 5.02 Å². The van der Waals surface area contributed by atoms with Crippen molar-refractivity contribution in [2.24, 2.45) is 0 Å². The van der Waals surface area contributed by atoms with Crippen LogP contribution in [-0.4, -0.2) is 43.0 Å². The molecule has 0 saturated heterocycles. The first-order chi connectivity index (χ1) is 11.8. The van der Waals surface area contributed by atoms with Crippen LogP contribution in [0.25, 0.3) is 0 Å². The summed E-state index contributed by atoms with van der Waals surface area (Å²) < 4.78 is 10.0. The Balaban J connectivity index is 2.30. The van der Waals surface area contributed by atoms with Gasteiger partial charge in [0.15, 0.2) is 0 Å². The maximum atomic E-state index is 12.8. The summed E-state index contributed by atoms with van der Waals surface area (Å²) in [5, 5.41) is 0.458. The van der Waals surface area contributed by atoms with E-state index in [0.717, 1.165) is 16.8 Å². The largest absolute Gasteiger partial charge is 0.496 e. The first-order valence-corrected chi connectivity index (χ1v) is 8.03. The number of carbonyl (C=O) groups excluding carboxylic acids is 2. The molecule has 2 aromatic rings. The molecule has 6 nitrogen and oxygen atoms in total. The number of nitrogens with one attached hydrogen (secondary N) is 1. The highest BCUT2D eigenvalue weighted by Crippen LogP contribution is 2.26. The Labute approximate surface area is 151 Å². The molecule has 0 atom stereocenters. The highest BCUT2D eigenvalue weighted by atomic mass is 35.5. The van der Waals surface area contributed by atoms with Crippen LogP contribution in [0.1, 0.15) is 37.7 Å². The number of hydrogen-bond acceptors (Lipinski definition) is 4. The van der Waals surface area contributed by atoms with Crippen molar-refractivity contribution in [1.29, 1.82) is 0 Å². The Morgan fingerprint density at radius 1 is 1.24 bits per heavy atom. The molecule has 1 N–H and O–H groups in total. The molecule has 1 heterocycles. The maximum absolute atomic E-state index is 12.8. The van der Waals surface area contributed by atoms with E-state index in [4.69, 9.17) is 21.1 Å². The van der Waals surface area contributed by atoms with Crippen LogP contribution >= 0.6 is 11.6 Å². The van der Waals surface area contributed by atoms with Crippen LogP contribution in [0, 0.1) is 13.8 Å². The van der Waals surface area contributed by atoms with Crippen molar-refractivity contribution in [3.8, 4) is 5.75 Å². The van der Waals surface area contributed by atoms with Crippen LogP contribution in [0.4, 0.5) is 0 Å². The lowest BCUT2D eigenvalue weighted by Gasteiger charge is -2.19. The Kier molecular flexibility index (Phi) is 5.74. The van der Waals surface area contributed by atoms with Gasteiger partial charge in [0.2, 0.25) is 0 Å². The van der Waals surface area contributed by atoms with Gasteiger partial charge < -0.3 is 19.4 Å². The van der Waals surface area contributed by atoms with Gasteiger partial charge in [-0.25, -0.2) is 4.79 Å². The third kappa shape index (κ3) is 3.79. The van der Waals surface area contributed by atoms with Crippen molar-refractivity contribution in [2.45, 2.75) is 20.4 Å². The van der Waals surface area contributed by atoms with Crippen LogP contribution in [0.5, 0.6) is 5.75 Å². The van der Waals surface area contributed by atoms with Gasteiger partial charge in [-0.15, -0.1) is 0 Å². The monoisotopic (exact) mass is 364 g/mol. The average molecular weight is 365 g/mol. The van der Waals surface area contributed by atoms with Crippen molar-refractivity contribution in [2.75, 3.05) is 21.3 Å². The third-order valence-electron chi connectivity index (χ3n) is 4.12. The normalized spacial score (nSPS) is 10.5. The number of halogens is 1. The summed E-state index contributed by atoms with van der Waals surface area (Å²) in [4.78, 5) is 29.2. The van der Waals surface area contributed by atoms with Gasteiger partial charge in [-0.1, -0.05) is 11.6 Å². The van der Waals surface area contributed by atoms with Gasteiger partial charge in [-0.05, 0) is 43.2 Å². The number of ether oxygens (including phenoxy) is 2. The van der Waals surface area contributed by atoms with Crippen LogP contribution in [0.3, 0.4) is 0 Å². The standard InChI is InChI=1S/C18H21ClN2O4/c1-10-14(11(2)20-16(10)18(23)25-5)9-21(3)17(22)13-8-12(19)6-7-15(13)24-4/h6-8,20H,9H2,1-5H3. The minimum atomic E-state index is -0.433. The molecule has 1 aromatic carbocycles. The highest BCUT2D eigenvalue weighted by molar-refractivity contribution is 6.31. The number of rotatable bonds is 5. The van der Waals surface area contributed by atoms with Crippen LogP contribution in [-0.2, 0) is 11.3 Å². The van der Waals surface area contributed by atoms with Gasteiger partial charge in [0.25, 0.3) is 5.91 Å². The topological polar surface area (TPSA) is 71.6 Å². The molecule has 0 radical (unpaired) electrons. The molecule has 0 spiro atoms. The minimum Gasteiger partial charge on any atom is -0.496 e. The number of methoxy groups -OCH3 is 2. The average Bonchev–Trinajstić information content (AvgIpc) is 2.88. The molecule has 0 aliphatic carbocycles. The molecular formula is C18H21ClN2O4. The van der Waals surface area contributed by atoms with Gasteiger partial charge in [-0.2, -0.15) is 0 Å². The summed E-state index contributed by atoms with van der Waals surface area (Å²) in [5.41, 5.74) is 3.24. The van der Waals surface area contributed by atoms with Crippen LogP contribution in [0.15, 0.2) is 18.2 Å². The fourth-order valence-corrected chi connectivity index (χ4v) is 2.87. The first kappa shape index (κ1) is 18.9. The SMILES string of the molecule is COC(=O)c1[nH]c(C)c(CN(C)C(=O)c2cc(Cl)ccc2OC)c1C. The Bertz CT molecular complexity index is 814. The first-order valence-electron chi connectivity index (χ1n) is 7.65. The number of aromatic amines is 1. The van der Waals surface area contributed by atoms with E-state index in [1.165, 1.54) is 14.2 Å². The molecule has 2 rings (SSSR count). The molecule has 1 aromatic heterocycles. The van der Waals surface area contributed by atoms with Crippen molar-refractivity contribution < 1.29 is 19.1 Å². The molecule has 0 fully saturated rings. The molecule has 0 unspecified atom stereocenters.